The molecule has 1 atom stereocenters. The molecule has 1 fully saturated rings. The fraction of sp³-hybridized carbons (Fsp3) is 0.273. The zero-order valence-corrected chi connectivity index (χ0v) is 16.4. The first kappa shape index (κ1) is 19.8. The number of nitrogens with zero attached hydrogens (tertiary/aromatic N) is 2. The van der Waals surface area contributed by atoms with Crippen LogP contribution in [0.3, 0.4) is 0 Å². The second-order valence-electron chi connectivity index (χ2n) is 7.02. The van der Waals surface area contributed by atoms with Gasteiger partial charge in [-0.3, -0.25) is 14.4 Å². The summed E-state index contributed by atoms with van der Waals surface area (Å²) in [7, 11) is 0. The first-order chi connectivity index (χ1) is 14.5. The van der Waals surface area contributed by atoms with E-state index in [1.807, 2.05) is 0 Å². The smallest absolute Gasteiger partial charge is 0.338 e. The zero-order valence-electron chi connectivity index (χ0n) is 16.4. The van der Waals surface area contributed by atoms with Crippen molar-refractivity contribution >= 4 is 29.4 Å². The van der Waals surface area contributed by atoms with Crippen LogP contribution >= 0.6 is 0 Å². The number of carbonyl (C=O) groups excluding carboxylic acids is 4. The third-order valence-corrected chi connectivity index (χ3v) is 5.11. The monoisotopic (exact) mass is 408 g/mol. The summed E-state index contributed by atoms with van der Waals surface area (Å²) >= 11 is 0. The number of hydrogen-bond acceptors (Lipinski definition) is 6. The normalized spacial score (nSPS) is 17.0. The molecule has 0 spiro atoms. The van der Waals surface area contributed by atoms with E-state index in [1.54, 1.807) is 29.2 Å². The Morgan fingerprint density at radius 1 is 0.933 bits per heavy atom. The Labute approximate surface area is 173 Å². The Balaban J connectivity index is 1.43. The van der Waals surface area contributed by atoms with Crippen LogP contribution in [0.4, 0.5) is 5.69 Å². The van der Waals surface area contributed by atoms with Crippen LogP contribution < -0.4 is 4.90 Å². The molecule has 1 unspecified atom stereocenters. The van der Waals surface area contributed by atoms with Crippen molar-refractivity contribution in [2.45, 2.75) is 13.0 Å². The lowest BCUT2D eigenvalue weighted by molar-refractivity contribution is -0.143. The topological polar surface area (TPSA) is 93.2 Å². The minimum atomic E-state index is -0.925. The largest absolute Gasteiger partial charge is 0.449 e. The molecule has 8 nitrogen and oxygen atoms in total. The van der Waals surface area contributed by atoms with Gasteiger partial charge < -0.3 is 14.4 Å². The molecule has 0 radical (unpaired) electrons. The second-order valence-corrected chi connectivity index (χ2v) is 7.02. The maximum absolute atomic E-state index is 12.6. The number of fused-ring (bicyclic) bond motifs is 1. The molecule has 2 aromatic carbocycles. The maximum atomic E-state index is 12.6. The second kappa shape index (κ2) is 8.08. The highest BCUT2D eigenvalue weighted by Gasteiger charge is 2.36. The van der Waals surface area contributed by atoms with Crippen molar-refractivity contribution in [1.82, 2.24) is 4.90 Å². The Morgan fingerprint density at radius 2 is 1.50 bits per heavy atom. The van der Waals surface area contributed by atoms with Crippen molar-refractivity contribution in [3.8, 4) is 0 Å². The summed E-state index contributed by atoms with van der Waals surface area (Å²) in [6.45, 7) is 3.39. The van der Waals surface area contributed by atoms with Crippen molar-refractivity contribution in [2.75, 3.05) is 31.2 Å². The fourth-order valence-electron chi connectivity index (χ4n) is 3.49. The van der Waals surface area contributed by atoms with Crippen molar-refractivity contribution in [2.24, 2.45) is 0 Å². The summed E-state index contributed by atoms with van der Waals surface area (Å²) in [5.41, 5.74) is 1.27. The van der Waals surface area contributed by atoms with E-state index in [0.29, 0.717) is 43.1 Å². The highest BCUT2D eigenvalue weighted by molar-refractivity contribution is 6.34. The SMILES string of the molecule is CC(OC(=O)c1ccc(N2C(=O)c3ccccc3C2=O)cc1)C(=O)N1CCOCC1. The lowest BCUT2D eigenvalue weighted by atomic mass is 10.1. The molecule has 0 saturated carbocycles. The maximum Gasteiger partial charge on any atom is 0.338 e. The highest BCUT2D eigenvalue weighted by atomic mass is 16.5. The molecule has 0 aliphatic carbocycles. The number of rotatable bonds is 4. The molecule has 4 rings (SSSR count). The van der Waals surface area contributed by atoms with Gasteiger partial charge >= 0.3 is 5.97 Å². The minimum Gasteiger partial charge on any atom is -0.449 e. The number of anilines is 1. The van der Waals surface area contributed by atoms with Crippen molar-refractivity contribution < 1.29 is 28.7 Å². The third kappa shape index (κ3) is 3.57. The lowest BCUT2D eigenvalue weighted by Gasteiger charge is -2.28. The summed E-state index contributed by atoms with van der Waals surface area (Å²) in [4.78, 5) is 52.6. The Kier molecular flexibility index (Phi) is 5.33. The Morgan fingerprint density at radius 3 is 2.07 bits per heavy atom. The van der Waals surface area contributed by atoms with Crippen LogP contribution in [0.2, 0.25) is 0 Å². The highest BCUT2D eigenvalue weighted by Crippen LogP contribution is 2.28. The summed E-state index contributed by atoms with van der Waals surface area (Å²) in [5.74, 6) is -1.74. The van der Waals surface area contributed by atoms with Gasteiger partial charge in [-0.15, -0.1) is 0 Å². The number of hydrogen-bond donors (Lipinski definition) is 0. The van der Waals surface area contributed by atoms with E-state index in [9.17, 15) is 19.2 Å². The zero-order chi connectivity index (χ0) is 21.3. The Bertz CT molecular complexity index is 976. The van der Waals surface area contributed by atoms with E-state index in [1.165, 1.54) is 31.2 Å². The standard InChI is InChI=1S/C22H20N2O6/c1-14(19(25)23-10-12-29-13-11-23)30-22(28)15-6-8-16(9-7-15)24-20(26)17-4-2-3-5-18(17)21(24)27/h2-9,14H,10-13H2,1H3. The van der Waals surface area contributed by atoms with E-state index in [2.05, 4.69) is 0 Å². The number of carbonyl (C=O) groups is 4. The molecule has 8 heteroatoms. The molecule has 0 aromatic heterocycles. The summed E-state index contributed by atoms with van der Waals surface area (Å²) in [6, 6.07) is 12.6. The average Bonchev–Trinajstić information content (AvgIpc) is 3.04. The molecule has 0 bridgehead atoms. The van der Waals surface area contributed by atoms with Crippen LogP contribution in [0.5, 0.6) is 0 Å². The van der Waals surface area contributed by atoms with Gasteiger partial charge in [-0.2, -0.15) is 0 Å². The van der Waals surface area contributed by atoms with E-state index < -0.39 is 23.9 Å². The number of amides is 3. The van der Waals surface area contributed by atoms with Gasteiger partial charge in [-0.25, -0.2) is 9.69 Å². The van der Waals surface area contributed by atoms with Gasteiger partial charge in [0.2, 0.25) is 0 Å². The molecular formula is C22H20N2O6. The van der Waals surface area contributed by atoms with E-state index >= 15 is 0 Å². The summed E-state index contributed by atoms with van der Waals surface area (Å²) in [5, 5.41) is 0. The lowest BCUT2D eigenvalue weighted by Crippen LogP contribution is -2.46. The van der Waals surface area contributed by atoms with Crippen LogP contribution in [0.1, 0.15) is 38.0 Å². The molecule has 30 heavy (non-hydrogen) atoms. The number of ether oxygens (including phenoxy) is 2. The summed E-state index contributed by atoms with van der Waals surface area (Å²) in [6.07, 6.45) is -0.925. The van der Waals surface area contributed by atoms with Crippen LogP contribution in [-0.4, -0.2) is 61.0 Å². The molecule has 2 aliphatic rings. The third-order valence-electron chi connectivity index (χ3n) is 5.11. The van der Waals surface area contributed by atoms with E-state index in [-0.39, 0.29) is 11.5 Å². The van der Waals surface area contributed by atoms with E-state index in [4.69, 9.17) is 9.47 Å². The molecule has 1 saturated heterocycles. The Hall–Kier alpha value is -3.52. The van der Waals surface area contributed by atoms with Gasteiger partial charge in [0.1, 0.15) is 0 Å². The predicted octanol–water partition coefficient (Wildman–Crippen LogP) is 1.89. The molecule has 2 heterocycles. The van der Waals surface area contributed by atoms with Crippen LogP contribution in [0.25, 0.3) is 0 Å². The van der Waals surface area contributed by atoms with Crippen LogP contribution in [0.15, 0.2) is 48.5 Å². The average molecular weight is 408 g/mol. The molecule has 2 aliphatic heterocycles. The minimum absolute atomic E-state index is 0.219. The molecule has 154 valence electrons. The van der Waals surface area contributed by atoms with Gasteiger partial charge in [0.15, 0.2) is 6.10 Å². The van der Waals surface area contributed by atoms with Gasteiger partial charge in [0, 0.05) is 13.1 Å². The van der Waals surface area contributed by atoms with Crippen LogP contribution in [-0.2, 0) is 14.3 Å². The molecular weight excluding hydrogens is 388 g/mol. The van der Waals surface area contributed by atoms with Crippen molar-refractivity contribution in [3.05, 3.63) is 65.2 Å². The van der Waals surface area contributed by atoms with Crippen LogP contribution in [0, 0.1) is 0 Å². The number of benzene rings is 2. The van der Waals surface area contributed by atoms with E-state index in [0.717, 1.165) is 4.90 Å². The molecule has 2 aromatic rings. The first-order valence-corrected chi connectivity index (χ1v) is 9.63. The number of imide groups is 1. The quantitative estimate of drug-likeness (QED) is 0.567. The first-order valence-electron chi connectivity index (χ1n) is 9.63. The predicted molar refractivity (Wildman–Crippen MR) is 106 cm³/mol. The van der Waals surface area contributed by atoms with Gasteiger partial charge in [0.25, 0.3) is 17.7 Å². The van der Waals surface area contributed by atoms with Gasteiger partial charge in [0.05, 0.1) is 35.6 Å². The molecule has 0 N–H and O–H groups in total. The van der Waals surface area contributed by atoms with Crippen molar-refractivity contribution in [1.29, 1.82) is 0 Å². The molecule has 3 amide bonds. The van der Waals surface area contributed by atoms with Gasteiger partial charge in [-0.1, -0.05) is 12.1 Å². The van der Waals surface area contributed by atoms with Crippen molar-refractivity contribution in [3.63, 3.8) is 0 Å². The fourth-order valence-corrected chi connectivity index (χ4v) is 3.49. The van der Waals surface area contributed by atoms with Gasteiger partial charge in [-0.05, 0) is 43.3 Å². The summed E-state index contributed by atoms with van der Waals surface area (Å²) < 4.78 is 10.5. The number of morpholine rings is 1. The number of esters is 1.